The molecule has 156 valence electrons. The predicted molar refractivity (Wildman–Crippen MR) is 116 cm³/mol. The minimum absolute atomic E-state index is 0.113. The van der Waals surface area contributed by atoms with Gasteiger partial charge in [0.25, 0.3) is 0 Å². The van der Waals surface area contributed by atoms with E-state index in [0.717, 1.165) is 11.1 Å². The van der Waals surface area contributed by atoms with Crippen LogP contribution >= 0.6 is 23.2 Å². The second-order valence-electron chi connectivity index (χ2n) is 7.33. The Labute approximate surface area is 182 Å². The number of amides is 1. The second kappa shape index (κ2) is 9.47. The lowest BCUT2D eigenvalue weighted by atomic mass is 9.98. The summed E-state index contributed by atoms with van der Waals surface area (Å²) in [6, 6.07) is 12.6. The molecule has 0 aromatic heterocycles. The molecule has 1 aliphatic rings. The first-order chi connectivity index (χ1) is 13.8. The summed E-state index contributed by atoms with van der Waals surface area (Å²) in [5.41, 5.74) is 2.67. The normalized spacial score (nSPS) is 17.8. The van der Waals surface area contributed by atoms with Crippen LogP contribution in [0.5, 0.6) is 0 Å². The van der Waals surface area contributed by atoms with Gasteiger partial charge in [-0.25, -0.2) is 12.7 Å². The molecular formula is C21H24Cl2N2O3S. The van der Waals surface area contributed by atoms with Crippen molar-refractivity contribution < 1.29 is 13.2 Å². The molecule has 1 heterocycles. The lowest BCUT2D eigenvalue weighted by Gasteiger charge is -2.31. The zero-order valence-corrected chi connectivity index (χ0v) is 18.5. The molecule has 2 aromatic carbocycles. The summed E-state index contributed by atoms with van der Waals surface area (Å²) in [5, 5.41) is 3.73. The van der Waals surface area contributed by atoms with Gasteiger partial charge in [0.2, 0.25) is 15.9 Å². The molecule has 0 saturated carbocycles. The van der Waals surface area contributed by atoms with Crippen LogP contribution in [0.15, 0.2) is 42.5 Å². The van der Waals surface area contributed by atoms with Crippen molar-refractivity contribution in [1.29, 1.82) is 0 Å². The van der Waals surface area contributed by atoms with Gasteiger partial charge in [-0.2, -0.15) is 0 Å². The number of carbonyl (C=O) groups is 1. The summed E-state index contributed by atoms with van der Waals surface area (Å²) in [5.74, 6) is -0.679. The lowest BCUT2D eigenvalue weighted by Crippen LogP contribution is -2.45. The van der Waals surface area contributed by atoms with Gasteiger partial charge in [0.05, 0.1) is 11.7 Å². The van der Waals surface area contributed by atoms with Crippen molar-refractivity contribution in [3.05, 3.63) is 69.2 Å². The van der Waals surface area contributed by atoms with Crippen LogP contribution in [0.25, 0.3) is 0 Å². The third-order valence-electron chi connectivity index (χ3n) is 5.22. The molecule has 5 nitrogen and oxygen atoms in total. The molecule has 1 unspecified atom stereocenters. The van der Waals surface area contributed by atoms with Gasteiger partial charge in [0.1, 0.15) is 0 Å². The average Bonchev–Trinajstić information content (AvgIpc) is 2.69. The van der Waals surface area contributed by atoms with E-state index in [0.29, 0.717) is 41.5 Å². The molecule has 1 atom stereocenters. The fourth-order valence-corrected chi connectivity index (χ4v) is 5.67. The molecule has 0 bridgehead atoms. The summed E-state index contributed by atoms with van der Waals surface area (Å²) in [7, 11) is -3.59. The van der Waals surface area contributed by atoms with Crippen LogP contribution in [0, 0.1) is 12.8 Å². The predicted octanol–water partition coefficient (Wildman–Crippen LogP) is 4.16. The Hall–Kier alpha value is -1.60. The number of carbonyl (C=O) groups excluding carboxylic acids is 1. The quantitative estimate of drug-likeness (QED) is 0.712. The lowest BCUT2D eigenvalue weighted by molar-refractivity contribution is -0.126. The first-order valence-electron chi connectivity index (χ1n) is 9.50. The summed E-state index contributed by atoms with van der Waals surface area (Å²) in [6.45, 7) is 3.04. The number of nitrogens with zero attached hydrogens (tertiary/aromatic N) is 1. The zero-order chi connectivity index (χ0) is 21.0. The van der Waals surface area contributed by atoms with Crippen LogP contribution in [-0.4, -0.2) is 31.7 Å². The number of halogens is 2. The fraction of sp³-hybridized carbons (Fsp3) is 0.381. The van der Waals surface area contributed by atoms with Crippen molar-refractivity contribution >= 4 is 39.1 Å². The number of nitrogens with one attached hydrogen (secondary N) is 1. The van der Waals surface area contributed by atoms with Crippen molar-refractivity contribution in [1.82, 2.24) is 9.62 Å². The fourth-order valence-electron chi connectivity index (χ4n) is 3.47. The molecule has 1 saturated heterocycles. The highest BCUT2D eigenvalue weighted by atomic mass is 35.5. The highest BCUT2D eigenvalue weighted by molar-refractivity contribution is 7.88. The highest BCUT2D eigenvalue weighted by Crippen LogP contribution is 2.26. The van der Waals surface area contributed by atoms with Gasteiger partial charge in [0, 0.05) is 29.7 Å². The Morgan fingerprint density at radius 2 is 1.93 bits per heavy atom. The van der Waals surface area contributed by atoms with E-state index in [4.69, 9.17) is 23.2 Å². The molecule has 0 spiro atoms. The van der Waals surface area contributed by atoms with Crippen LogP contribution in [0.2, 0.25) is 10.0 Å². The van der Waals surface area contributed by atoms with E-state index >= 15 is 0 Å². The van der Waals surface area contributed by atoms with Crippen LogP contribution in [0.4, 0.5) is 0 Å². The standard InChI is InChI=1S/C21H24Cl2N2O3S/c1-15-5-2-3-6-16(15)12-24-21(26)17-7-4-10-25(13-17)29(27,28)14-18-8-9-19(22)11-20(18)23/h2-3,5-6,8-9,11,17H,4,7,10,12-14H2,1H3,(H,24,26). The molecule has 0 radical (unpaired) electrons. The third-order valence-corrected chi connectivity index (χ3v) is 7.60. The molecule has 1 fully saturated rings. The maximum Gasteiger partial charge on any atom is 0.224 e. The van der Waals surface area contributed by atoms with E-state index in [-0.39, 0.29) is 24.1 Å². The molecule has 8 heteroatoms. The van der Waals surface area contributed by atoms with Crippen LogP contribution in [-0.2, 0) is 27.1 Å². The second-order valence-corrected chi connectivity index (χ2v) is 10.1. The molecule has 0 aliphatic carbocycles. The van der Waals surface area contributed by atoms with E-state index in [1.54, 1.807) is 12.1 Å². The van der Waals surface area contributed by atoms with Gasteiger partial charge in [-0.05, 0) is 48.6 Å². The average molecular weight is 455 g/mol. The SMILES string of the molecule is Cc1ccccc1CNC(=O)C1CCCN(S(=O)(=O)Cc2ccc(Cl)cc2Cl)C1. The number of hydrogen-bond donors (Lipinski definition) is 1. The minimum atomic E-state index is -3.59. The molecule has 1 N–H and O–H groups in total. The highest BCUT2D eigenvalue weighted by Gasteiger charge is 2.32. The van der Waals surface area contributed by atoms with Gasteiger partial charge in [-0.3, -0.25) is 4.79 Å². The summed E-state index contributed by atoms with van der Waals surface area (Å²) < 4.78 is 27.2. The minimum Gasteiger partial charge on any atom is -0.352 e. The third kappa shape index (κ3) is 5.72. The summed E-state index contributed by atoms with van der Waals surface area (Å²) in [6.07, 6.45) is 1.32. The van der Waals surface area contributed by atoms with Crippen molar-refractivity contribution in [2.45, 2.75) is 32.1 Å². The summed E-state index contributed by atoms with van der Waals surface area (Å²) in [4.78, 5) is 12.6. The summed E-state index contributed by atoms with van der Waals surface area (Å²) >= 11 is 12.0. The molecule has 1 aliphatic heterocycles. The molecule has 3 rings (SSSR count). The van der Waals surface area contributed by atoms with Crippen molar-refractivity contribution in [3.63, 3.8) is 0 Å². The Bertz CT molecular complexity index is 995. The van der Waals surface area contributed by atoms with Crippen molar-refractivity contribution in [3.8, 4) is 0 Å². The number of piperidine rings is 1. The van der Waals surface area contributed by atoms with Crippen LogP contribution in [0.1, 0.15) is 29.5 Å². The Morgan fingerprint density at radius 3 is 2.66 bits per heavy atom. The molecule has 2 aromatic rings. The Kier molecular flexibility index (Phi) is 7.22. The zero-order valence-electron chi connectivity index (χ0n) is 16.2. The van der Waals surface area contributed by atoms with Crippen LogP contribution < -0.4 is 5.32 Å². The number of aryl methyl sites for hydroxylation is 1. The Morgan fingerprint density at radius 1 is 1.17 bits per heavy atom. The van der Waals surface area contributed by atoms with E-state index in [1.807, 2.05) is 31.2 Å². The van der Waals surface area contributed by atoms with Gasteiger partial charge in [-0.1, -0.05) is 53.5 Å². The van der Waals surface area contributed by atoms with E-state index in [1.165, 1.54) is 10.4 Å². The first-order valence-corrected chi connectivity index (χ1v) is 11.9. The number of hydrogen-bond acceptors (Lipinski definition) is 3. The number of rotatable bonds is 6. The van der Waals surface area contributed by atoms with Gasteiger partial charge >= 0.3 is 0 Å². The topological polar surface area (TPSA) is 66.5 Å². The van der Waals surface area contributed by atoms with Gasteiger partial charge < -0.3 is 5.32 Å². The molecule has 29 heavy (non-hydrogen) atoms. The first kappa shape index (κ1) is 22.1. The van der Waals surface area contributed by atoms with E-state index < -0.39 is 10.0 Å². The maximum absolute atomic E-state index is 12.9. The Balaban J connectivity index is 1.63. The number of sulfonamides is 1. The van der Waals surface area contributed by atoms with Crippen molar-refractivity contribution in [2.75, 3.05) is 13.1 Å². The maximum atomic E-state index is 12.9. The molecule has 1 amide bonds. The monoisotopic (exact) mass is 454 g/mol. The smallest absolute Gasteiger partial charge is 0.224 e. The van der Waals surface area contributed by atoms with Crippen molar-refractivity contribution in [2.24, 2.45) is 5.92 Å². The van der Waals surface area contributed by atoms with E-state index in [2.05, 4.69) is 5.32 Å². The van der Waals surface area contributed by atoms with Gasteiger partial charge in [0.15, 0.2) is 0 Å². The van der Waals surface area contributed by atoms with Crippen LogP contribution in [0.3, 0.4) is 0 Å². The van der Waals surface area contributed by atoms with E-state index in [9.17, 15) is 13.2 Å². The largest absolute Gasteiger partial charge is 0.352 e. The molecular weight excluding hydrogens is 431 g/mol. The van der Waals surface area contributed by atoms with Gasteiger partial charge in [-0.15, -0.1) is 0 Å². The number of benzene rings is 2.